The molecule has 0 aromatic heterocycles. The maximum atomic E-state index is 15.7. The van der Waals surface area contributed by atoms with Crippen molar-refractivity contribution in [2.45, 2.75) is 104 Å². The summed E-state index contributed by atoms with van der Waals surface area (Å²) in [6.45, 7) is 12.7. The van der Waals surface area contributed by atoms with E-state index in [0.29, 0.717) is 30.8 Å². The number of benzene rings is 3. The van der Waals surface area contributed by atoms with E-state index in [4.69, 9.17) is 14.2 Å². The summed E-state index contributed by atoms with van der Waals surface area (Å²) < 4.78 is 16.9. The van der Waals surface area contributed by atoms with Crippen LogP contribution < -0.4 is 21.3 Å². The van der Waals surface area contributed by atoms with Crippen LogP contribution in [0, 0.1) is 11.3 Å². The molecule has 0 radical (unpaired) electrons. The van der Waals surface area contributed by atoms with Gasteiger partial charge >= 0.3 is 18.1 Å². The SMILES string of the molecule is CCCCCC(=O)NC(Cc1ccccc1-c1ccccc1)(C(=O)NC(Cc1ccccc1)C(=O)NC(=O)N1CCOCC1)C(CNC(=O)OC(C)(C)C)COC(=O)C(C)(C)C. The smallest absolute Gasteiger partial charge is 0.407 e. The van der Waals surface area contributed by atoms with E-state index >= 15 is 4.79 Å². The summed E-state index contributed by atoms with van der Waals surface area (Å²) in [4.78, 5) is 85.9. The molecule has 1 fully saturated rings. The minimum atomic E-state index is -2.00. The first-order chi connectivity index (χ1) is 29.4. The topological polar surface area (TPSA) is 181 Å². The van der Waals surface area contributed by atoms with Gasteiger partial charge in [0.15, 0.2) is 0 Å². The summed E-state index contributed by atoms with van der Waals surface area (Å²) >= 11 is 0. The summed E-state index contributed by atoms with van der Waals surface area (Å²) in [7, 11) is 0. The van der Waals surface area contributed by atoms with Gasteiger partial charge < -0.3 is 35.1 Å². The molecule has 1 heterocycles. The lowest BCUT2D eigenvalue weighted by atomic mass is 9.76. The van der Waals surface area contributed by atoms with Gasteiger partial charge in [0.2, 0.25) is 11.8 Å². The Morgan fingerprint density at radius 2 is 1.44 bits per heavy atom. The van der Waals surface area contributed by atoms with E-state index in [1.54, 1.807) is 65.8 Å². The molecule has 62 heavy (non-hydrogen) atoms. The molecule has 0 aliphatic carbocycles. The third-order valence-corrected chi connectivity index (χ3v) is 10.4. The minimum absolute atomic E-state index is 0.0181. The molecular weight excluding hydrogens is 791 g/mol. The number of amides is 6. The number of nitrogens with zero attached hydrogens (tertiary/aromatic N) is 1. The number of hydrogen-bond acceptors (Lipinski definition) is 9. The van der Waals surface area contributed by atoms with Crippen LogP contribution in [-0.2, 0) is 46.2 Å². The summed E-state index contributed by atoms with van der Waals surface area (Å²) in [5, 5.41) is 11.3. The molecule has 1 aliphatic heterocycles. The van der Waals surface area contributed by atoms with E-state index in [9.17, 15) is 24.0 Å². The van der Waals surface area contributed by atoms with E-state index in [0.717, 1.165) is 24.0 Å². The number of esters is 1. The Kier molecular flexibility index (Phi) is 18.1. The van der Waals surface area contributed by atoms with Gasteiger partial charge in [-0.25, -0.2) is 9.59 Å². The summed E-state index contributed by atoms with van der Waals surface area (Å²) in [5.74, 6) is -3.73. The Morgan fingerprint density at radius 1 is 0.806 bits per heavy atom. The summed E-state index contributed by atoms with van der Waals surface area (Å²) in [6, 6.07) is 24.1. The van der Waals surface area contributed by atoms with Crippen molar-refractivity contribution in [1.82, 2.24) is 26.2 Å². The standard InChI is InChI=1S/C48H65N5O9/c1-8-9-12-25-40(54)52-48(31-36-23-17-18-24-38(36)35-21-15-11-16-22-35,37(33-61-43(57)46(2,3)4)32-49-45(59)62-47(5,6)7)42(56)50-39(30-34-19-13-10-14-20-34)41(55)51-44(58)53-26-28-60-29-27-53/h10-11,13-24,37,39H,8-9,12,25-33H2,1-7H3,(H,49,59)(H,50,56)(H,52,54)(H,51,55,58). The van der Waals surface area contributed by atoms with Crippen molar-refractivity contribution in [3.05, 3.63) is 96.1 Å². The van der Waals surface area contributed by atoms with Gasteiger partial charge in [0.1, 0.15) is 17.2 Å². The number of ether oxygens (including phenoxy) is 3. The van der Waals surface area contributed by atoms with Crippen LogP contribution in [0.3, 0.4) is 0 Å². The zero-order valence-corrected chi connectivity index (χ0v) is 37.3. The summed E-state index contributed by atoms with van der Waals surface area (Å²) in [6.07, 6.45) is 1.23. The molecule has 4 rings (SSSR count). The average Bonchev–Trinajstić information content (AvgIpc) is 3.23. The van der Waals surface area contributed by atoms with Crippen LogP contribution in [0.5, 0.6) is 0 Å². The van der Waals surface area contributed by atoms with Gasteiger partial charge in [-0.05, 0) is 70.2 Å². The first kappa shape index (κ1) is 48.9. The fourth-order valence-electron chi connectivity index (χ4n) is 7.01. The second-order valence-electron chi connectivity index (χ2n) is 17.7. The molecule has 0 saturated carbocycles. The van der Waals surface area contributed by atoms with Crippen LogP contribution in [0.15, 0.2) is 84.9 Å². The van der Waals surface area contributed by atoms with Gasteiger partial charge in [-0.3, -0.25) is 24.5 Å². The van der Waals surface area contributed by atoms with Gasteiger partial charge in [-0.2, -0.15) is 0 Å². The van der Waals surface area contributed by atoms with E-state index in [-0.39, 0.29) is 38.9 Å². The number of alkyl carbamates (subject to hydrolysis) is 1. The molecule has 3 aromatic carbocycles. The summed E-state index contributed by atoms with van der Waals surface area (Å²) in [5.41, 5.74) is -0.848. The molecule has 4 N–H and O–H groups in total. The minimum Gasteiger partial charge on any atom is -0.465 e. The number of rotatable bonds is 18. The number of imide groups is 1. The van der Waals surface area contributed by atoms with Gasteiger partial charge in [0.25, 0.3) is 5.91 Å². The highest BCUT2D eigenvalue weighted by molar-refractivity contribution is 6.01. The fourth-order valence-corrected chi connectivity index (χ4v) is 7.01. The monoisotopic (exact) mass is 855 g/mol. The number of carbonyl (C=O) groups excluding carboxylic acids is 6. The highest BCUT2D eigenvalue weighted by Gasteiger charge is 2.49. The van der Waals surface area contributed by atoms with Gasteiger partial charge in [-0.1, -0.05) is 105 Å². The first-order valence-electron chi connectivity index (χ1n) is 21.5. The van der Waals surface area contributed by atoms with Crippen LogP contribution in [-0.4, -0.2) is 97.4 Å². The van der Waals surface area contributed by atoms with E-state index < -0.39 is 70.9 Å². The number of hydrogen-bond donors (Lipinski definition) is 4. The second kappa shape index (κ2) is 22.9. The van der Waals surface area contributed by atoms with Gasteiger partial charge in [0.05, 0.1) is 25.2 Å². The quantitative estimate of drug-likeness (QED) is 0.0837. The van der Waals surface area contributed by atoms with Crippen LogP contribution in [0.25, 0.3) is 11.1 Å². The second-order valence-corrected chi connectivity index (χ2v) is 17.7. The molecule has 6 amide bonds. The largest absolute Gasteiger partial charge is 0.465 e. The third kappa shape index (κ3) is 15.0. The molecule has 14 nitrogen and oxygen atoms in total. The zero-order chi connectivity index (χ0) is 45.3. The number of nitrogens with one attached hydrogen (secondary N) is 4. The molecule has 14 heteroatoms. The van der Waals surface area contributed by atoms with E-state index in [1.165, 1.54) is 4.90 Å². The van der Waals surface area contributed by atoms with Crippen LogP contribution in [0.2, 0.25) is 0 Å². The molecule has 1 saturated heterocycles. The maximum Gasteiger partial charge on any atom is 0.407 e. The molecule has 3 unspecified atom stereocenters. The Labute approximate surface area is 366 Å². The Bertz CT molecular complexity index is 1960. The molecular formula is C48H65N5O9. The highest BCUT2D eigenvalue weighted by atomic mass is 16.6. The molecule has 0 spiro atoms. The van der Waals surface area contributed by atoms with Crippen molar-refractivity contribution in [3.8, 4) is 11.1 Å². The predicted octanol–water partition coefficient (Wildman–Crippen LogP) is 6.36. The predicted molar refractivity (Wildman–Crippen MR) is 237 cm³/mol. The molecule has 3 atom stereocenters. The fraction of sp³-hybridized carbons (Fsp3) is 0.500. The van der Waals surface area contributed by atoms with Crippen LogP contribution in [0.1, 0.15) is 85.3 Å². The lowest BCUT2D eigenvalue weighted by molar-refractivity contribution is -0.156. The van der Waals surface area contributed by atoms with Crippen molar-refractivity contribution in [1.29, 1.82) is 0 Å². The Hall–Kier alpha value is -5.76. The lowest BCUT2D eigenvalue weighted by Gasteiger charge is -2.41. The van der Waals surface area contributed by atoms with Crippen LogP contribution in [0.4, 0.5) is 9.59 Å². The molecule has 0 bridgehead atoms. The van der Waals surface area contributed by atoms with Crippen molar-refractivity contribution in [3.63, 3.8) is 0 Å². The maximum absolute atomic E-state index is 15.7. The third-order valence-electron chi connectivity index (χ3n) is 10.4. The molecule has 3 aromatic rings. The first-order valence-corrected chi connectivity index (χ1v) is 21.5. The van der Waals surface area contributed by atoms with E-state index in [1.807, 2.05) is 67.6 Å². The Balaban J connectivity index is 1.92. The highest BCUT2D eigenvalue weighted by Crippen LogP contribution is 2.32. The van der Waals surface area contributed by atoms with Crippen molar-refractivity contribution in [2.75, 3.05) is 39.5 Å². The number of carbonyl (C=O) groups is 6. The van der Waals surface area contributed by atoms with E-state index in [2.05, 4.69) is 21.3 Å². The van der Waals surface area contributed by atoms with Crippen molar-refractivity contribution >= 4 is 35.8 Å². The molecule has 336 valence electrons. The number of morpholine rings is 1. The van der Waals surface area contributed by atoms with Crippen molar-refractivity contribution in [2.24, 2.45) is 11.3 Å². The lowest BCUT2D eigenvalue weighted by Crippen LogP contribution is -2.69. The number of urea groups is 1. The Morgan fingerprint density at radius 3 is 2.06 bits per heavy atom. The average molecular weight is 856 g/mol. The van der Waals surface area contributed by atoms with Crippen LogP contribution >= 0.6 is 0 Å². The normalized spacial score (nSPS) is 14.9. The van der Waals surface area contributed by atoms with Crippen molar-refractivity contribution < 1.29 is 43.0 Å². The molecule has 1 aliphatic rings. The zero-order valence-electron chi connectivity index (χ0n) is 37.3. The van der Waals surface area contributed by atoms with Gasteiger partial charge in [-0.15, -0.1) is 0 Å². The number of unbranched alkanes of at least 4 members (excludes halogenated alkanes) is 2. The van der Waals surface area contributed by atoms with Gasteiger partial charge in [0, 0.05) is 44.8 Å².